The second-order valence-corrected chi connectivity index (χ2v) is 13.8. The monoisotopic (exact) mass is 874 g/mol. The van der Waals surface area contributed by atoms with E-state index in [1.54, 1.807) is 44.6 Å². The van der Waals surface area contributed by atoms with E-state index in [0.717, 1.165) is 41.0 Å². The third-order valence-electron chi connectivity index (χ3n) is 8.84. The molecular weight excluding hydrogens is 821 g/mol. The summed E-state index contributed by atoms with van der Waals surface area (Å²) in [5, 5.41) is 76.3. The van der Waals surface area contributed by atoms with E-state index >= 15 is 0 Å². The minimum absolute atomic E-state index is 0.0306. The van der Waals surface area contributed by atoms with Crippen molar-refractivity contribution < 1.29 is 69.2 Å². The lowest BCUT2D eigenvalue weighted by Crippen LogP contribution is -2.34. The van der Waals surface area contributed by atoms with Gasteiger partial charge in [-0.2, -0.15) is 0 Å². The van der Waals surface area contributed by atoms with Crippen LogP contribution in [0.4, 0.5) is 11.4 Å². The average molecular weight is 875 g/mol. The lowest BCUT2D eigenvalue weighted by atomic mass is 10.0. The molecule has 18 heteroatoms. The number of aliphatic carboxylic acids is 4. The number of hydrogen-bond acceptors (Lipinski definition) is 13. The maximum Gasteiger partial charge on any atom is 0.328 e. The van der Waals surface area contributed by atoms with Crippen molar-refractivity contribution >= 4 is 41.7 Å². The Morgan fingerprint density at radius 2 is 0.984 bits per heavy atom. The Balaban J connectivity index is 0.000000721. The molecule has 0 aliphatic rings. The van der Waals surface area contributed by atoms with Crippen LogP contribution in [-0.4, -0.2) is 105 Å². The Labute approximate surface area is 364 Å². The van der Waals surface area contributed by atoms with Crippen LogP contribution in [-0.2, 0) is 36.8 Å². The largest absolute Gasteiger partial charge is 0.506 e. The van der Waals surface area contributed by atoms with Crippen LogP contribution < -0.4 is 30.7 Å². The quantitative estimate of drug-likeness (QED) is 0.0289. The Morgan fingerprint density at radius 3 is 1.40 bits per heavy atom. The first-order valence-corrected chi connectivity index (χ1v) is 19.3. The van der Waals surface area contributed by atoms with E-state index in [4.69, 9.17) is 29.9 Å². The molecule has 0 spiro atoms. The van der Waals surface area contributed by atoms with Crippen molar-refractivity contribution in [2.24, 2.45) is 0 Å². The number of nitrogens with one attached hydrogen (secondary N) is 4. The van der Waals surface area contributed by atoms with E-state index in [9.17, 15) is 39.3 Å². The van der Waals surface area contributed by atoms with Crippen molar-refractivity contribution in [2.45, 2.75) is 50.9 Å². The second kappa shape index (κ2) is 27.4. The molecule has 0 heterocycles. The summed E-state index contributed by atoms with van der Waals surface area (Å²) in [6.45, 7) is 4.95. The smallest absolute Gasteiger partial charge is 0.328 e. The number of phenols is 2. The number of carboxylic acids is 4. The van der Waals surface area contributed by atoms with Crippen LogP contribution in [0.3, 0.4) is 0 Å². The predicted octanol–water partition coefficient (Wildman–Crippen LogP) is 4.74. The molecule has 0 saturated carbocycles. The fourth-order valence-electron chi connectivity index (χ4n) is 5.68. The Morgan fingerprint density at radius 1 is 0.587 bits per heavy atom. The summed E-state index contributed by atoms with van der Waals surface area (Å²) in [7, 11) is 3.28. The number of aliphatic hydroxyl groups is 1. The number of hydrogen-bond donors (Lipinski definition) is 11. The van der Waals surface area contributed by atoms with E-state index < -0.39 is 30.0 Å². The molecule has 0 fully saturated rings. The van der Waals surface area contributed by atoms with Gasteiger partial charge in [0.25, 0.3) is 0 Å². The first-order chi connectivity index (χ1) is 29.9. The van der Waals surface area contributed by atoms with Crippen molar-refractivity contribution in [2.75, 3.05) is 37.9 Å². The summed E-state index contributed by atoms with van der Waals surface area (Å²) in [6, 6.07) is 25.7. The number of benzene rings is 4. The van der Waals surface area contributed by atoms with Crippen LogP contribution in [0.5, 0.6) is 23.0 Å². The Hall–Kier alpha value is -7.41. The highest BCUT2D eigenvalue weighted by molar-refractivity contribution is 5.90. The molecule has 4 unspecified atom stereocenters. The zero-order chi connectivity index (χ0) is 46.9. The number of phenolic OH excluding ortho intramolecular Hbond substituents is 2. The lowest BCUT2D eigenvalue weighted by molar-refractivity contribution is -0.134. The summed E-state index contributed by atoms with van der Waals surface area (Å²) < 4.78 is 10.5. The summed E-state index contributed by atoms with van der Waals surface area (Å²) in [5.74, 6) is -3.44. The lowest BCUT2D eigenvalue weighted by Gasteiger charge is -2.25. The molecule has 1 amide bonds. The van der Waals surface area contributed by atoms with Gasteiger partial charge in [0.05, 0.1) is 37.7 Å². The van der Waals surface area contributed by atoms with Gasteiger partial charge in [0.1, 0.15) is 23.0 Å². The van der Waals surface area contributed by atoms with Crippen molar-refractivity contribution in [1.82, 2.24) is 10.6 Å². The third-order valence-corrected chi connectivity index (χ3v) is 8.84. The van der Waals surface area contributed by atoms with Gasteiger partial charge in [-0.25, -0.2) is 19.2 Å². The van der Waals surface area contributed by atoms with Gasteiger partial charge in [-0.1, -0.05) is 36.4 Å². The summed E-state index contributed by atoms with van der Waals surface area (Å²) >= 11 is 0. The van der Waals surface area contributed by atoms with Gasteiger partial charge in [-0.15, -0.1) is 0 Å². The van der Waals surface area contributed by atoms with Crippen LogP contribution in [0.2, 0.25) is 0 Å². The molecule has 4 rings (SSSR count). The minimum atomic E-state index is -1.26. The molecule has 338 valence electrons. The molecule has 0 saturated heterocycles. The zero-order valence-corrected chi connectivity index (χ0v) is 35.1. The number of ether oxygens (including phenoxy) is 2. The average Bonchev–Trinajstić information content (AvgIpc) is 3.25. The molecule has 4 aromatic rings. The number of carbonyl (C=O) groups is 5. The summed E-state index contributed by atoms with van der Waals surface area (Å²) in [6.07, 6.45) is 3.50. The Bertz CT molecular complexity index is 2080. The highest BCUT2D eigenvalue weighted by atomic mass is 16.5. The standard InChI is InChI=1S/C37H46N4O6.2C4H4O4/c1-24(17-26-5-11-30(46-3)12-6-26)38-21-34(28-9-15-35(43)32(19-28)40-23-42)41-33-20-29(10-16-36(33)44)37(45)22-39-25(2)18-27-7-13-31(47-4)14-8-27;2*5-3(6)1-2-4(7)8/h5-16,19-20,23-25,34,37-39,41,43-45H,17-18,21-22H2,1-4H3,(H,40,42);2*1-2H,(H,5,6)(H,7,8)/b;2*2-1+. The van der Waals surface area contributed by atoms with Crippen LogP contribution >= 0.6 is 0 Å². The van der Waals surface area contributed by atoms with Crippen LogP contribution in [0, 0.1) is 0 Å². The van der Waals surface area contributed by atoms with Gasteiger partial charge in [0.2, 0.25) is 6.41 Å². The molecule has 0 bridgehead atoms. The van der Waals surface area contributed by atoms with Crippen LogP contribution in [0.1, 0.15) is 48.2 Å². The van der Waals surface area contributed by atoms with Gasteiger partial charge in [0, 0.05) is 49.5 Å². The van der Waals surface area contributed by atoms with Gasteiger partial charge < -0.3 is 66.5 Å². The fourth-order valence-corrected chi connectivity index (χ4v) is 5.68. The molecule has 18 nitrogen and oxygen atoms in total. The van der Waals surface area contributed by atoms with Crippen molar-refractivity contribution in [3.8, 4) is 23.0 Å². The number of amides is 1. The molecule has 4 aromatic carbocycles. The molecule has 0 aromatic heterocycles. The summed E-state index contributed by atoms with van der Waals surface area (Å²) in [5.41, 5.74) is 4.46. The molecular formula is C45H54N4O14. The maximum atomic E-state index is 11.2. The number of carbonyl (C=O) groups excluding carboxylic acids is 1. The second-order valence-electron chi connectivity index (χ2n) is 13.8. The predicted molar refractivity (Wildman–Crippen MR) is 234 cm³/mol. The summed E-state index contributed by atoms with van der Waals surface area (Å²) in [4.78, 5) is 49.4. The van der Waals surface area contributed by atoms with Crippen molar-refractivity contribution in [3.63, 3.8) is 0 Å². The van der Waals surface area contributed by atoms with Crippen molar-refractivity contribution in [1.29, 1.82) is 0 Å². The highest BCUT2D eigenvalue weighted by Crippen LogP contribution is 2.33. The number of methoxy groups -OCH3 is 2. The van der Waals surface area contributed by atoms with E-state index in [1.807, 2.05) is 48.5 Å². The third kappa shape index (κ3) is 20.6. The van der Waals surface area contributed by atoms with Crippen LogP contribution in [0.25, 0.3) is 0 Å². The van der Waals surface area contributed by atoms with Crippen molar-refractivity contribution in [3.05, 3.63) is 131 Å². The normalized spacial score (nSPS) is 12.6. The van der Waals surface area contributed by atoms with Gasteiger partial charge in [-0.3, -0.25) is 4.79 Å². The zero-order valence-electron chi connectivity index (χ0n) is 35.1. The number of aromatic hydroxyl groups is 2. The van der Waals surface area contributed by atoms with Gasteiger partial charge in [-0.05, 0) is 97.5 Å². The molecule has 63 heavy (non-hydrogen) atoms. The number of anilines is 2. The number of aliphatic hydroxyl groups excluding tert-OH is 1. The molecule has 0 radical (unpaired) electrons. The Kier molecular flexibility index (Phi) is 22.5. The fraction of sp³-hybridized carbons (Fsp3) is 0.267. The topological polar surface area (TPSA) is 294 Å². The van der Waals surface area contributed by atoms with Gasteiger partial charge >= 0.3 is 23.9 Å². The van der Waals surface area contributed by atoms with E-state index in [2.05, 4.69) is 35.1 Å². The van der Waals surface area contributed by atoms with Gasteiger partial charge in [0.15, 0.2) is 0 Å². The van der Waals surface area contributed by atoms with E-state index in [-0.39, 0.29) is 35.3 Å². The van der Waals surface area contributed by atoms with Crippen LogP contribution in [0.15, 0.2) is 109 Å². The first-order valence-electron chi connectivity index (χ1n) is 19.3. The minimum Gasteiger partial charge on any atom is -0.506 e. The molecule has 4 atom stereocenters. The maximum absolute atomic E-state index is 11.2. The number of rotatable bonds is 22. The molecule has 0 aliphatic carbocycles. The number of carboxylic acid groups (broad SMARTS) is 4. The first kappa shape index (κ1) is 51.7. The SMILES string of the molecule is COc1ccc(CC(C)NCC(O)c2ccc(O)c(NC(CNC(C)Cc3ccc(OC)cc3)c3ccc(O)c(NC=O)c3)c2)cc1.O=C(O)/C=C/C(=O)O.O=C(O)/C=C/C(=O)O. The van der Waals surface area contributed by atoms with E-state index in [0.29, 0.717) is 55.1 Å². The molecule has 11 N–H and O–H groups in total. The highest BCUT2D eigenvalue weighted by Gasteiger charge is 2.19. The molecule has 0 aliphatic heterocycles. The van der Waals surface area contributed by atoms with E-state index in [1.165, 1.54) is 6.07 Å².